The molecule has 0 aliphatic rings. The van der Waals surface area contributed by atoms with E-state index in [4.69, 9.17) is 11.6 Å². The Labute approximate surface area is 126 Å². The van der Waals surface area contributed by atoms with Gasteiger partial charge in [-0.15, -0.1) is 0 Å². The molecule has 0 amide bonds. The first kappa shape index (κ1) is 13.7. The van der Waals surface area contributed by atoms with Gasteiger partial charge in [0.15, 0.2) is 5.78 Å². The lowest BCUT2D eigenvalue weighted by Gasteiger charge is -2.05. The molecule has 0 unspecified atom stereocenters. The minimum absolute atomic E-state index is 0.0609. The molecule has 3 rings (SSSR count). The number of hydrogen-bond donors (Lipinski definition) is 0. The van der Waals surface area contributed by atoms with E-state index in [0.29, 0.717) is 11.1 Å². The standard InChI is InChI=1S/C17H11ClFNO/c18-15-10-14(19)5-3-11(15)9-17(21)13-4-6-16-12(8-13)2-1-7-20-16/h1-8,10H,9H2. The lowest BCUT2D eigenvalue weighted by atomic mass is 10.0. The highest BCUT2D eigenvalue weighted by Gasteiger charge is 2.11. The van der Waals surface area contributed by atoms with Gasteiger partial charge in [0.2, 0.25) is 0 Å². The maximum Gasteiger partial charge on any atom is 0.167 e. The van der Waals surface area contributed by atoms with Gasteiger partial charge < -0.3 is 0 Å². The first-order chi connectivity index (χ1) is 10.1. The number of carbonyl (C=O) groups is 1. The van der Waals surface area contributed by atoms with Crippen LogP contribution in [-0.4, -0.2) is 10.8 Å². The van der Waals surface area contributed by atoms with Crippen LogP contribution in [0.5, 0.6) is 0 Å². The normalized spacial score (nSPS) is 10.8. The molecule has 0 fully saturated rings. The molecule has 0 N–H and O–H groups in total. The fourth-order valence-corrected chi connectivity index (χ4v) is 2.42. The van der Waals surface area contributed by atoms with Crippen LogP contribution in [0.2, 0.25) is 5.02 Å². The van der Waals surface area contributed by atoms with Gasteiger partial charge in [-0.2, -0.15) is 0 Å². The average Bonchev–Trinajstić information content (AvgIpc) is 2.49. The van der Waals surface area contributed by atoms with Gasteiger partial charge in [-0.3, -0.25) is 9.78 Å². The first-order valence-electron chi connectivity index (χ1n) is 6.45. The number of benzene rings is 2. The van der Waals surface area contributed by atoms with E-state index < -0.39 is 5.82 Å². The van der Waals surface area contributed by atoms with Crippen LogP contribution in [0.15, 0.2) is 54.7 Å². The van der Waals surface area contributed by atoms with Crippen molar-refractivity contribution >= 4 is 28.3 Å². The lowest BCUT2D eigenvalue weighted by Crippen LogP contribution is -2.04. The number of halogens is 2. The molecule has 4 heteroatoms. The number of rotatable bonds is 3. The molecule has 0 saturated heterocycles. The van der Waals surface area contributed by atoms with Gasteiger partial charge in [0.1, 0.15) is 5.82 Å². The van der Waals surface area contributed by atoms with Crippen molar-refractivity contribution in [2.45, 2.75) is 6.42 Å². The quantitative estimate of drug-likeness (QED) is 0.669. The summed E-state index contributed by atoms with van der Waals surface area (Å²) < 4.78 is 13.0. The molecule has 0 spiro atoms. The van der Waals surface area contributed by atoms with Gasteiger partial charge in [-0.25, -0.2) is 4.39 Å². The third-order valence-corrected chi connectivity index (χ3v) is 3.64. The summed E-state index contributed by atoms with van der Waals surface area (Å²) in [6.07, 6.45) is 1.85. The highest BCUT2D eigenvalue weighted by Crippen LogP contribution is 2.20. The highest BCUT2D eigenvalue weighted by atomic mass is 35.5. The third-order valence-electron chi connectivity index (χ3n) is 3.29. The summed E-state index contributed by atoms with van der Waals surface area (Å²) in [5.74, 6) is -0.470. The fraction of sp³-hybridized carbons (Fsp3) is 0.0588. The second-order valence-corrected chi connectivity index (χ2v) is 5.15. The number of fused-ring (bicyclic) bond motifs is 1. The van der Waals surface area contributed by atoms with Gasteiger partial charge >= 0.3 is 0 Å². The number of pyridine rings is 1. The van der Waals surface area contributed by atoms with Gasteiger partial charge in [0.25, 0.3) is 0 Å². The Morgan fingerprint density at radius 1 is 1.14 bits per heavy atom. The van der Waals surface area contributed by atoms with Crippen molar-refractivity contribution in [3.8, 4) is 0 Å². The smallest absolute Gasteiger partial charge is 0.167 e. The number of aromatic nitrogens is 1. The Balaban J connectivity index is 1.89. The Kier molecular flexibility index (Phi) is 3.67. The van der Waals surface area contributed by atoms with Crippen molar-refractivity contribution in [3.05, 3.63) is 76.7 Å². The van der Waals surface area contributed by atoms with E-state index in [1.807, 2.05) is 24.3 Å². The lowest BCUT2D eigenvalue weighted by molar-refractivity contribution is 0.0993. The summed E-state index contributed by atoms with van der Waals surface area (Å²) in [6.45, 7) is 0. The van der Waals surface area contributed by atoms with E-state index in [1.54, 1.807) is 12.3 Å². The van der Waals surface area contributed by atoms with Crippen LogP contribution in [0.4, 0.5) is 4.39 Å². The van der Waals surface area contributed by atoms with Crippen LogP contribution in [0.1, 0.15) is 15.9 Å². The van der Waals surface area contributed by atoms with Crippen molar-refractivity contribution in [3.63, 3.8) is 0 Å². The summed E-state index contributed by atoms with van der Waals surface area (Å²) in [5.41, 5.74) is 2.05. The summed E-state index contributed by atoms with van der Waals surface area (Å²) in [4.78, 5) is 16.5. The SMILES string of the molecule is O=C(Cc1ccc(F)cc1Cl)c1ccc2ncccc2c1. The largest absolute Gasteiger partial charge is 0.294 e. The van der Waals surface area contributed by atoms with E-state index >= 15 is 0 Å². The fourth-order valence-electron chi connectivity index (χ4n) is 2.19. The van der Waals surface area contributed by atoms with Crippen LogP contribution in [0.25, 0.3) is 10.9 Å². The zero-order valence-electron chi connectivity index (χ0n) is 11.0. The molecule has 1 aromatic heterocycles. The van der Waals surface area contributed by atoms with E-state index in [2.05, 4.69) is 4.98 Å². The van der Waals surface area contributed by atoms with Crippen LogP contribution >= 0.6 is 11.6 Å². The highest BCUT2D eigenvalue weighted by molar-refractivity contribution is 6.31. The van der Waals surface area contributed by atoms with Crippen molar-refractivity contribution in [2.75, 3.05) is 0 Å². The Hall–Kier alpha value is -2.26. The second kappa shape index (κ2) is 5.62. The predicted octanol–water partition coefficient (Wildman–Crippen LogP) is 4.45. The zero-order valence-corrected chi connectivity index (χ0v) is 11.8. The molecule has 0 bridgehead atoms. The topological polar surface area (TPSA) is 30.0 Å². The molecular formula is C17H11ClFNO. The van der Waals surface area contributed by atoms with Crippen LogP contribution < -0.4 is 0 Å². The predicted molar refractivity (Wildman–Crippen MR) is 81.2 cm³/mol. The maximum absolute atomic E-state index is 13.0. The zero-order chi connectivity index (χ0) is 14.8. The number of ketones is 1. The van der Waals surface area contributed by atoms with Crippen molar-refractivity contribution < 1.29 is 9.18 Å². The van der Waals surface area contributed by atoms with Gasteiger partial charge in [0.05, 0.1) is 5.52 Å². The van der Waals surface area contributed by atoms with E-state index in [1.165, 1.54) is 18.2 Å². The molecule has 0 atom stereocenters. The molecule has 3 aromatic rings. The third kappa shape index (κ3) is 2.93. The van der Waals surface area contributed by atoms with Crippen molar-refractivity contribution in [1.82, 2.24) is 4.98 Å². The summed E-state index contributed by atoms with van der Waals surface area (Å²) in [5, 5.41) is 1.18. The second-order valence-electron chi connectivity index (χ2n) is 4.75. The Morgan fingerprint density at radius 2 is 2.00 bits per heavy atom. The van der Waals surface area contributed by atoms with Gasteiger partial charge in [-0.1, -0.05) is 23.7 Å². The van der Waals surface area contributed by atoms with Crippen molar-refractivity contribution in [1.29, 1.82) is 0 Å². The van der Waals surface area contributed by atoms with Gasteiger partial charge in [-0.05, 0) is 42.0 Å². The van der Waals surface area contributed by atoms with E-state index in [-0.39, 0.29) is 17.2 Å². The summed E-state index contributed by atoms with van der Waals surface area (Å²) in [7, 11) is 0. The summed E-state index contributed by atoms with van der Waals surface area (Å²) in [6, 6.07) is 13.2. The Bertz CT molecular complexity index is 832. The van der Waals surface area contributed by atoms with E-state index in [0.717, 1.165) is 10.9 Å². The van der Waals surface area contributed by atoms with Crippen LogP contribution in [-0.2, 0) is 6.42 Å². The molecule has 0 radical (unpaired) electrons. The van der Waals surface area contributed by atoms with Crippen molar-refractivity contribution in [2.24, 2.45) is 0 Å². The van der Waals surface area contributed by atoms with Crippen LogP contribution in [0.3, 0.4) is 0 Å². The molecule has 104 valence electrons. The minimum atomic E-state index is -0.409. The number of nitrogens with zero attached hydrogens (tertiary/aromatic N) is 1. The molecule has 0 saturated carbocycles. The monoisotopic (exact) mass is 299 g/mol. The first-order valence-corrected chi connectivity index (χ1v) is 6.83. The maximum atomic E-state index is 13.0. The minimum Gasteiger partial charge on any atom is -0.294 e. The van der Waals surface area contributed by atoms with E-state index in [9.17, 15) is 9.18 Å². The number of Topliss-reactive ketones (excluding diaryl/α,β-unsaturated/α-hetero) is 1. The van der Waals surface area contributed by atoms with Gasteiger partial charge in [0, 0.05) is 28.6 Å². The molecule has 21 heavy (non-hydrogen) atoms. The number of hydrogen-bond acceptors (Lipinski definition) is 2. The number of carbonyl (C=O) groups excluding carboxylic acids is 1. The molecule has 2 aromatic carbocycles. The molecule has 1 heterocycles. The van der Waals surface area contributed by atoms with Crippen LogP contribution in [0, 0.1) is 5.82 Å². The Morgan fingerprint density at radius 3 is 2.81 bits per heavy atom. The molecular weight excluding hydrogens is 289 g/mol. The summed E-state index contributed by atoms with van der Waals surface area (Å²) >= 11 is 5.95. The molecule has 2 nitrogen and oxygen atoms in total. The molecule has 0 aliphatic carbocycles. The molecule has 0 aliphatic heterocycles. The average molecular weight is 300 g/mol.